The molecule has 0 radical (unpaired) electrons. The van der Waals surface area contributed by atoms with E-state index in [-0.39, 0.29) is 6.04 Å². The predicted octanol–water partition coefficient (Wildman–Crippen LogP) is 2.34. The fourth-order valence-electron chi connectivity index (χ4n) is 2.76. The van der Waals surface area contributed by atoms with E-state index in [1.165, 1.54) is 5.69 Å². The summed E-state index contributed by atoms with van der Waals surface area (Å²) >= 11 is 0. The number of aliphatic carboxylic acids is 1. The maximum atomic E-state index is 10.6. The monoisotopic (exact) mass is 402 g/mol. The molecule has 2 aromatic heterocycles. The highest BCUT2D eigenvalue weighted by atomic mass is 19.4. The summed E-state index contributed by atoms with van der Waals surface area (Å²) in [7, 11) is 1.94. The number of carboxylic acid groups (broad SMARTS) is 1. The summed E-state index contributed by atoms with van der Waals surface area (Å²) in [6, 6.07) is 4.01. The van der Waals surface area contributed by atoms with Crippen molar-refractivity contribution in [2.45, 2.75) is 25.2 Å². The summed E-state index contributed by atoms with van der Waals surface area (Å²) in [5, 5.41) is 15.6. The van der Waals surface area contributed by atoms with E-state index in [0.29, 0.717) is 13.2 Å². The van der Waals surface area contributed by atoms with Gasteiger partial charge in [-0.1, -0.05) is 11.3 Å². The molecule has 0 saturated heterocycles. The molecule has 0 spiro atoms. The van der Waals surface area contributed by atoms with E-state index in [4.69, 9.17) is 19.1 Å². The first-order chi connectivity index (χ1) is 13.2. The molecule has 3 rings (SSSR count). The van der Waals surface area contributed by atoms with Crippen molar-refractivity contribution in [3.8, 4) is 0 Å². The highest BCUT2D eigenvalue weighted by molar-refractivity contribution is 5.73. The average Bonchev–Trinajstić information content (AvgIpc) is 3.26. The second kappa shape index (κ2) is 9.51. The molecule has 2 aromatic rings. The second-order valence-corrected chi connectivity index (χ2v) is 5.99. The van der Waals surface area contributed by atoms with Gasteiger partial charge in [-0.25, -0.2) is 4.79 Å². The Morgan fingerprint density at radius 3 is 2.82 bits per heavy atom. The highest BCUT2D eigenvalue weighted by Gasteiger charge is 2.38. The SMILES string of the molecule is C=CCOCC1c2nnn(C)c2CCN1Cc1ccco1.O=C(O)C(F)(F)F. The Morgan fingerprint density at radius 1 is 1.54 bits per heavy atom. The highest BCUT2D eigenvalue weighted by Crippen LogP contribution is 2.29. The third-order valence-electron chi connectivity index (χ3n) is 4.06. The lowest BCUT2D eigenvalue weighted by atomic mass is 10.0. The molecule has 0 bridgehead atoms. The van der Waals surface area contributed by atoms with Crippen LogP contribution >= 0.6 is 0 Å². The number of rotatable bonds is 6. The molecule has 0 aliphatic carbocycles. The Kier molecular flexibility index (Phi) is 7.35. The summed E-state index contributed by atoms with van der Waals surface area (Å²) < 4.78 is 44.7. The number of alkyl halides is 3. The van der Waals surface area contributed by atoms with Crippen LogP contribution in [0, 0.1) is 0 Å². The second-order valence-electron chi connectivity index (χ2n) is 5.99. The number of carboxylic acids is 1. The Hall–Kier alpha value is -2.66. The first-order valence-electron chi connectivity index (χ1n) is 8.37. The van der Waals surface area contributed by atoms with E-state index in [2.05, 4.69) is 21.8 Å². The number of fused-ring (bicyclic) bond motifs is 1. The van der Waals surface area contributed by atoms with E-state index < -0.39 is 12.1 Å². The lowest BCUT2D eigenvalue weighted by molar-refractivity contribution is -0.192. The zero-order chi connectivity index (χ0) is 20.7. The molecule has 154 valence electrons. The predicted molar refractivity (Wildman–Crippen MR) is 91.3 cm³/mol. The number of ether oxygens (including phenoxy) is 1. The van der Waals surface area contributed by atoms with Gasteiger partial charge in [0.1, 0.15) is 11.5 Å². The van der Waals surface area contributed by atoms with E-state index in [0.717, 1.165) is 31.0 Å². The number of furan rings is 1. The van der Waals surface area contributed by atoms with Gasteiger partial charge in [-0.2, -0.15) is 13.2 Å². The van der Waals surface area contributed by atoms with Gasteiger partial charge in [0, 0.05) is 20.0 Å². The molecule has 8 nitrogen and oxygen atoms in total. The van der Waals surface area contributed by atoms with Crippen molar-refractivity contribution in [1.82, 2.24) is 19.9 Å². The molecule has 1 atom stereocenters. The van der Waals surface area contributed by atoms with Crippen molar-refractivity contribution in [2.24, 2.45) is 7.05 Å². The van der Waals surface area contributed by atoms with Crippen LogP contribution in [0.25, 0.3) is 0 Å². The zero-order valence-electron chi connectivity index (χ0n) is 15.2. The van der Waals surface area contributed by atoms with Gasteiger partial charge in [0.15, 0.2) is 0 Å². The Labute approximate surface area is 159 Å². The lowest BCUT2D eigenvalue weighted by Crippen LogP contribution is -2.38. The molecule has 0 aromatic carbocycles. The van der Waals surface area contributed by atoms with Gasteiger partial charge >= 0.3 is 12.1 Å². The minimum Gasteiger partial charge on any atom is -0.475 e. The maximum absolute atomic E-state index is 10.6. The molecule has 1 aliphatic rings. The third-order valence-corrected chi connectivity index (χ3v) is 4.06. The number of carbonyl (C=O) groups is 1. The molecular weight excluding hydrogens is 381 g/mol. The van der Waals surface area contributed by atoms with Gasteiger partial charge < -0.3 is 14.3 Å². The van der Waals surface area contributed by atoms with E-state index in [1.54, 1.807) is 12.3 Å². The molecule has 1 aliphatic heterocycles. The third kappa shape index (κ3) is 5.67. The van der Waals surface area contributed by atoms with Gasteiger partial charge in [0.25, 0.3) is 0 Å². The number of hydrogen-bond acceptors (Lipinski definition) is 6. The molecule has 11 heteroatoms. The van der Waals surface area contributed by atoms with Gasteiger partial charge in [0.05, 0.1) is 37.8 Å². The van der Waals surface area contributed by atoms with Gasteiger partial charge in [-0.3, -0.25) is 9.58 Å². The maximum Gasteiger partial charge on any atom is 0.490 e. The summed E-state index contributed by atoms with van der Waals surface area (Å²) in [4.78, 5) is 11.2. The average molecular weight is 402 g/mol. The van der Waals surface area contributed by atoms with Crippen LogP contribution in [0.15, 0.2) is 35.5 Å². The molecule has 3 heterocycles. The normalized spacial score (nSPS) is 16.8. The van der Waals surface area contributed by atoms with Crippen molar-refractivity contribution in [2.75, 3.05) is 19.8 Å². The zero-order valence-corrected chi connectivity index (χ0v) is 15.2. The topological polar surface area (TPSA) is 93.6 Å². The number of aromatic nitrogens is 3. The minimum atomic E-state index is -5.08. The summed E-state index contributed by atoms with van der Waals surface area (Å²) in [6.45, 7) is 6.51. The first-order valence-corrected chi connectivity index (χ1v) is 8.37. The molecule has 1 unspecified atom stereocenters. The smallest absolute Gasteiger partial charge is 0.475 e. The van der Waals surface area contributed by atoms with Crippen LogP contribution in [-0.4, -0.2) is 56.9 Å². The van der Waals surface area contributed by atoms with Crippen LogP contribution < -0.4 is 0 Å². The largest absolute Gasteiger partial charge is 0.490 e. The quantitative estimate of drug-likeness (QED) is 0.586. The van der Waals surface area contributed by atoms with Gasteiger partial charge in [0.2, 0.25) is 0 Å². The van der Waals surface area contributed by atoms with Crippen LogP contribution in [0.1, 0.15) is 23.2 Å². The van der Waals surface area contributed by atoms with Crippen molar-refractivity contribution >= 4 is 5.97 Å². The van der Waals surface area contributed by atoms with E-state index in [9.17, 15) is 13.2 Å². The molecule has 0 amide bonds. The van der Waals surface area contributed by atoms with Crippen molar-refractivity contribution in [1.29, 1.82) is 0 Å². The number of hydrogen-bond donors (Lipinski definition) is 1. The van der Waals surface area contributed by atoms with Crippen LogP contribution in [0.2, 0.25) is 0 Å². The number of nitrogens with zero attached hydrogens (tertiary/aromatic N) is 4. The molecule has 28 heavy (non-hydrogen) atoms. The summed E-state index contributed by atoms with van der Waals surface area (Å²) in [5.41, 5.74) is 2.21. The van der Waals surface area contributed by atoms with E-state index >= 15 is 0 Å². The first kappa shape index (κ1) is 21.6. The Morgan fingerprint density at radius 2 is 2.25 bits per heavy atom. The van der Waals surface area contributed by atoms with Gasteiger partial charge in [-0.15, -0.1) is 11.7 Å². The Bertz CT molecular complexity index is 774. The lowest BCUT2D eigenvalue weighted by Gasteiger charge is -2.33. The number of aryl methyl sites for hydroxylation is 1. The van der Waals surface area contributed by atoms with Crippen molar-refractivity contribution in [3.05, 3.63) is 48.2 Å². The molecule has 0 fully saturated rings. The van der Waals surface area contributed by atoms with Crippen LogP contribution in [-0.2, 0) is 29.5 Å². The molecular formula is C17H21F3N4O4. The van der Waals surface area contributed by atoms with Gasteiger partial charge in [-0.05, 0) is 12.1 Å². The summed E-state index contributed by atoms with van der Waals surface area (Å²) in [5.74, 6) is -1.80. The van der Waals surface area contributed by atoms with Crippen LogP contribution in [0.5, 0.6) is 0 Å². The number of halogens is 3. The standard InChI is InChI=1S/C15H20N4O2.C2HF3O2/c1-3-8-20-11-14-15-13(18(2)17-16-15)6-7-19(14)10-12-5-4-9-21-12;3-2(4,5)1(6)7/h3-5,9,14H,1,6-8,10-11H2,2H3;(H,6,7). The molecule has 1 N–H and O–H groups in total. The minimum absolute atomic E-state index is 0.104. The molecule has 0 saturated carbocycles. The summed E-state index contributed by atoms with van der Waals surface area (Å²) in [6.07, 6.45) is -0.676. The van der Waals surface area contributed by atoms with Crippen molar-refractivity contribution in [3.63, 3.8) is 0 Å². The van der Waals surface area contributed by atoms with Crippen LogP contribution in [0.4, 0.5) is 13.2 Å². The fraction of sp³-hybridized carbons (Fsp3) is 0.471. The van der Waals surface area contributed by atoms with E-state index in [1.807, 2.05) is 23.9 Å². The fourth-order valence-corrected chi connectivity index (χ4v) is 2.76. The Balaban J connectivity index is 0.000000345. The van der Waals surface area contributed by atoms with Crippen LogP contribution in [0.3, 0.4) is 0 Å². The van der Waals surface area contributed by atoms with Crippen molar-refractivity contribution < 1.29 is 32.2 Å².